The van der Waals surface area contributed by atoms with Gasteiger partial charge in [0.15, 0.2) is 0 Å². The third-order valence-corrected chi connectivity index (χ3v) is 4.99. The zero-order chi connectivity index (χ0) is 20.4. The van der Waals surface area contributed by atoms with Crippen LogP contribution in [0.5, 0.6) is 0 Å². The lowest BCUT2D eigenvalue weighted by Crippen LogP contribution is -2.32. The van der Waals surface area contributed by atoms with Gasteiger partial charge in [-0.15, -0.1) is 0 Å². The second kappa shape index (κ2) is 8.12. The van der Waals surface area contributed by atoms with Crippen molar-refractivity contribution >= 4 is 46.4 Å². The first kappa shape index (κ1) is 20.0. The number of carbonyl (C=O) groups excluding carboxylic acids is 2. The van der Waals surface area contributed by atoms with E-state index in [1.165, 1.54) is 11.0 Å². The molecule has 0 aromatic heterocycles. The molecule has 1 saturated heterocycles. The van der Waals surface area contributed by atoms with Gasteiger partial charge in [0.05, 0.1) is 16.5 Å². The highest BCUT2D eigenvalue weighted by molar-refractivity contribution is 6.35. The van der Waals surface area contributed by atoms with Gasteiger partial charge in [0, 0.05) is 35.6 Å². The average Bonchev–Trinajstić information content (AvgIpc) is 3.03. The van der Waals surface area contributed by atoms with Crippen LogP contribution in [0.15, 0.2) is 36.4 Å². The largest absolute Gasteiger partial charge is 0.352 e. The number of hydrogen-bond acceptors (Lipinski definition) is 4. The lowest BCUT2D eigenvalue weighted by atomic mass is 10.1. The Balaban J connectivity index is 1.67. The number of benzene rings is 2. The molecule has 1 unspecified atom stereocenters. The fraction of sp³-hybridized carbons (Fsp3) is 0.222. The Labute approximate surface area is 169 Å². The predicted octanol–water partition coefficient (Wildman–Crippen LogP) is 3.71. The van der Waals surface area contributed by atoms with Crippen LogP contribution in [0, 0.1) is 21.8 Å². The predicted molar refractivity (Wildman–Crippen MR) is 102 cm³/mol. The highest BCUT2D eigenvalue weighted by Gasteiger charge is 2.35. The molecule has 2 aromatic carbocycles. The summed E-state index contributed by atoms with van der Waals surface area (Å²) in [4.78, 5) is 36.0. The lowest BCUT2D eigenvalue weighted by molar-refractivity contribution is -0.387. The molecule has 1 aliphatic heterocycles. The molecule has 1 heterocycles. The number of nitro groups is 1. The molecule has 7 nitrogen and oxygen atoms in total. The van der Waals surface area contributed by atoms with Crippen LogP contribution in [0.4, 0.5) is 15.8 Å². The summed E-state index contributed by atoms with van der Waals surface area (Å²) in [5, 5.41) is 14.5. The van der Waals surface area contributed by atoms with E-state index in [4.69, 9.17) is 23.2 Å². The first-order chi connectivity index (χ1) is 13.3. The van der Waals surface area contributed by atoms with Crippen molar-refractivity contribution in [2.75, 3.05) is 11.4 Å². The maximum Gasteiger partial charge on any atom is 0.306 e. The monoisotopic (exact) mass is 425 g/mol. The van der Waals surface area contributed by atoms with Gasteiger partial charge < -0.3 is 10.2 Å². The maximum atomic E-state index is 13.5. The second-order valence-corrected chi connectivity index (χ2v) is 7.10. The Morgan fingerprint density at radius 3 is 2.71 bits per heavy atom. The van der Waals surface area contributed by atoms with Crippen molar-refractivity contribution in [3.63, 3.8) is 0 Å². The van der Waals surface area contributed by atoms with Crippen LogP contribution in [0.2, 0.25) is 10.0 Å². The molecule has 28 heavy (non-hydrogen) atoms. The fourth-order valence-corrected chi connectivity index (χ4v) is 3.41. The molecule has 0 spiro atoms. The third-order valence-electron chi connectivity index (χ3n) is 4.40. The minimum absolute atomic E-state index is 0.0435. The first-order valence-electron chi connectivity index (χ1n) is 8.22. The van der Waals surface area contributed by atoms with Crippen molar-refractivity contribution in [1.29, 1.82) is 0 Å². The van der Waals surface area contributed by atoms with Crippen molar-refractivity contribution in [3.8, 4) is 0 Å². The number of amides is 2. The molecule has 1 N–H and O–H groups in total. The van der Waals surface area contributed by atoms with E-state index in [9.17, 15) is 24.1 Å². The molecule has 0 radical (unpaired) electrons. The molecule has 3 rings (SSSR count). The van der Waals surface area contributed by atoms with E-state index in [-0.39, 0.29) is 37.0 Å². The molecule has 1 atom stereocenters. The summed E-state index contributed by atoms with van der Waals surface area (Å²) in [5.74, 6) is -2.35. The van der Waals surface area contributed by atoms with E-state index in [1.54, 1.807) is 18.2 Å². The van der Waals surface area contributed by atoms with E-state index >= 15 is 0 Å². The summed E-state index contributed by atoms with van der Waals surface area (Å²) in [6, 6.07) is 8.09. The van der Waals surface area contributed by atoms with Crippen molar-refractivity contribution < 1.29 is 18.9 Å². The molecular formula is C18H14Cl2FN3O4. The van der Waals surface area contributed by atoms with Gasteiger partial charge in [-0.25, -0.2) is 0 Å². The highest BCUT2D eigenvalue weighted by atomic mass is 35.5. The van der Waals surface area contributed by atoms with Crippen LogP contribution in [-0.2, 0) is 16.1 Å². The number of halogens is 3. The molecule has 1 aliphatic rings. The average molecular weight is 426 g/mol. The van der Waals surface area contributed by atoms with Gasteiger partial charge >= 0.3 is 5.69 Å². The van der Waals surface area contributed by atoms with Gasteiger partial charge in [0.25, 0.3) is 0 Å². The van der Waals surface area contributed by atoms with Crippen LogP contribution in [0.1, 0.15) is 12.0 Å². The normalized spacial score (nSPS) is 16.3. The fourth-order valence-electron chi connectivity index (χ4n) is 2.93. The zero-order valence-corrected chi connectivity index (χ0v) is 15.8. The van der Waals surface area contributed by atoms with Crippen molar-refractivity contribution in [2.24, 2.45) is 5.92 Å². The molecule has 0 bridgehead atoms. The van der Waals surface area contributed by atoms with Gasteiger partial charge in [-0.05, 0) is 29.8 Å². The summed E-state index contributed by atoms with van der Waals surface area (Å²) in [5.41, 5.74) is 0.125. The number of nitrogens with one attached hydrogen (secondary N) is 1. The molecular weight excluding hydrogens is 412 g/mol. The van der Waals surface area contributed by atoms with Crippen LogP contribution in [0.25, 0.3) is 0 Å². The summed E-state index contributed by atoms with van der Waals surface area (Å²) in [6.45, 7) is 0.212. The molecule has 146 valence electrons. The number of carbonyl (C=O) groups is 2. The lowest BCUT2D eigenvalue weighted by Gasteiger charge is -2.17. The summed E-state index contributed by atoms with van der Waals surface area (Å²) in [6.07, 6.45) is -0.0502. The quantitative estimate of drug-likeness (QED) is 0.583. The van der Waals surface area contributed by atoms with Gasteiger partial charge in [0.2, 0.25) is 17.6 Å². The Morgan fingerprint density at radius 2 is 2.04 bits per heavy atom. The van der Waals surface area contributed by atoms with Crippen molar-refractivity contribution in [2.45, 2.75) is 13.0 Å². The molecule has 0 aliphatic carbocycles. The Morgan fingerprint density at radius 1 is 1.29 bits per heavy atom. The smallest absolute Gasteiger partial charge is 0.306 e. The summed E-state index contributed by atoms with van der Waals surface area (Å²) >= 11 is 11.9. The van der Waals surface area contributed by atoms with Crippen LogP contribution in [-0.4, -0.2) is 23.3 Å². The molecule has 0 saturated carbocycles. The standard InChI is InChI=1S/C18H14Cl2FN3O4/c19-12-2-1-10(14(20)6-12)8-22-18(26)11-5-17(25)23(9-11)13-3-4-15(21)16(7-13)24(27)28/h1-4,6-7,11H,5,8-9H2,(H,22,26). The maximum absolute atomic E-state index is 13.5. The molecule has 1 fully saturated rings. The number of rotatable bonds is 5. The van der Waals surface area contributed by atoms with Crippen LogP contribution < -0.4 is 10.2 Å². The first-order valence-corrected chi connectivity index (χ1v) is 8.98. The number of hydrogen-bond donors (Lipinski definition) is 1. The Kier molecular flexibility index (Phi) is 5.81. The topological polar surface area (TPSA) is 92.6 Å². The van der Waals surface area contributed by atoms with Crippen LogP contribution in [0.3, 0.4) is 0 Å². The molecule has 2 amide bonds. The second-order valence-electron chi connectivity index (χ2n) is 6.25. The number of nitro benzene ring substituents is 1. The van der Waals surface area contributed by atoms with Gasteiger partial charge in [0.1, 0.15) is 0 Å². The van der Waals surface area contributed by atoms with E-state index in [0.717, 1.165) is 12.1 Å². The summed E-state index contributed by atoms with van der Waals surface area (Å²) in [7, 11) is 0. The minimum Gasteiger partial charge on any atom is -0.352 e. The van der Waals surface area contributed by atoms with Crippen molar-refractivity contribution in [1.82, 2.24) is 5.32 Å². The molecule has 10 heteroatoms. The zero-order valence-electron chi connectivity index (χ0n) is 14.3. The Hall–Kier alpha value is -2.71. The summed E-state index contributed by atoms with van der Waals surface area (Å²) < 4.78 is 13.5. The van der Waals surface area contributed by atoms with Gasteiger partial charge in [-0.3, -0.25) is 19.7 Å². The SMILES string of the molecule is O=C(NCc1ccc(Cl)cc1Cl)C1CC(=O)N(c2ccc(F)c([N+](=O)[O-])c2)C1. The Bertz CT molecular complexity index is 970. The van der Waals surface area contributed by atoms with E-state index in [2.05, 4.69) is 5.32 Å². The molecule has 2 aromatic rings. The number of anilines is 1. The van der Waals surface area contributed by atoms with Crippen molar-refractivity contribution in [3.05, 3.63) is 67.9 Å². The van der Waals surface area contributed by atoms with Gasteiger partial charge in [-0.2, -0.15) is 4.39 Å². The van der Waals surface area contributed by atoms with E-state index < -0.39 is 22.3 Å². The van der Waals surface area contributed by atoms with Gasteiger partial charge in [-0.1, -0.05) is 29.3 Å². The number of nitrogens with zero attached hydrogens (tertiary/aromatic N) is 2. The van der Waals surface area contributed by atoms with Crippen LogP contribution >= 0.6 is 23.2 Å². The van der Waals surface area contributed by atoms with E-state index in [0.29, 0.717) is 15.6 Å². The van der Waals surface area contributed by atoms with E-state index in [1.807, 2.05) is 0 Å². The minimum atomic E-state index is -0.991. The highest BCUT2D eigenvalue weighted by Crippen LogP contribution is 2.30. The third kappa shape index (κ3) is 4.23.